The van der Waals surface area contributed by atoms with Crippen molar-refractivity contribution in [3.8, 4) is 6.07 Å². The number of hydrogen-bond acceptors (Lipinski definition) is 3. The fourth-order valence-electron chi connectivity index (χ4n) is 2.76. The summed E-state index contributed by atoms with van der Waals surface area (Å²) in [5, 5.41) is 9.41. The van der Waals surface area contributed by atoms with Crippen molar-refractivity contribution in [3.05, 3.63) is 35.6 Å². The molecule has 1 aliphatic rings. The Morgan fingerprint density at radius 3 is 2.59 bits per heavy atom. The van der Waals surface area contributed by atoms with Gasteiger partial charge in [-0.05, 0) is 12.5 Å². The number of nitriles is 1. The lowest BCUT2D eigenvalue weighted by molar-refractivity contribution is -0.133. The minimum atomic E-state index is -0.589. The van der Waals surface area contributed by atoms with Gasteiger partial charge in [0.25, 0.3) is 0 Å². The molecule has 0 radical (unpaired) electrons. The molecule has 1 amide bonds. The second kappa shape index (κ2) is 7.90. The SMILES string of the molecule is CCCCC(=O)N1CCN(C(C#N)c2ccccc2F)CC1. The molecule has 0 bridgehead atoms. The monoisotopic (exact) mass is 303 g/mol. The van der Waals surface area contributed by atoms with Gasteiger partial charge in [-0.25, -0.2) is 4.39 Å². The van der Waals surface area contributed by atoms with Gasteiger partial charge in [-0.3, -0.25) is 9.69 Å². The molecule has 1 aromatic rings. The highest BCUT2D eigenvalue weighted by molar-refractivity contribution is 5.76. The van der Waals surface area contributed by atoms with Crippen LogP contribution in [0.3, 0.4) is 0 Å². The van der Waals surface area contributed by atoms with Crippen molar-refractivity contribution in [2.75, 3.05) is 26.2 Å². The molecule has 0 aliphatic carbocycles. The molecule has 1 saturated heterocycles. The average Bonchev–Trinajstić information content (AvgIpc) is 2.55. The number of benzene rings is 1. The Kier molecular flexibility index (Phi) is 5.91. The van der Waals surface area contributed by atoms with Gasteiger partial charge in [0.05, 0.1) is 6.07 Å². The molecular weight excluding hydrogens is 281 g/mol. The average molecular weight is 303 g/mol. The summed E-state index contributed by atoms with van der Waals surface area (Å²) in [4.78, 5) is 15.8. The summed E-state index contributed by atoms with van der Waals surface area (Å²) in [6, 6.07) is 8.00. The first kappa shape index (κ1) is 16.4. The van der Waals surface area contributed by atoms with E-state index in [2.05, 4.69) is 13.0 Å². The Hall–Kier alpha value is -1.93. The molecule has 4 nitrogen and oxygen atoms in total. The smallest absolute Gasteiger partial charge is 0.222 e. The lowest BCUT2D eigenvalue weighted by Crippen LogP contribution is -2.49. The van der Waals surface area contributed by atoms with Gasteiger partial charge in [-0.1, -0.05) is 31.5 Å². The molecule has 0 saturated carbocycles. The fraction of sp³-hybridized carbons (Fsp3) is 0.529. The predicted molar refractivity (Wildman–Crippen MR) is 82.4 cm³/mol. The molecular formula is C17H22FN3O. The van der Waals surface area contributed by atoms with Gasteiger partial charge in [0.1, 0.15) is 11.9 Å². The lowest BCUT2D eigenvalue weighted by atomic mass is 10.0. The van der Waals surface area contributed by atoms with Crippen LogP contribution in [0.1, 0.15) is 37.8 Å². The van der Waals surface area contributed by atoms with Crippen LogP contribution in [0.4, 0.5) is 4.39 Å². The first-order chi connectivity index (χ1) is 10.7. The molecule has 118 valence electrons. The maximum Gasteiger partial charge on any atom is 0.222 e. The number of piperazine rings is 1. The number of carbonyl (C=O) groups excluding carboxylic acids is 1. The summed E-state index contributed by atoms with van der Waals surface area (Å²) in [5.41, 5.74) is 0.413. The van der Waals surface area contributed by atoms with Gasteiger partial charge in [-0.2, -0.15) is 5.26 Å². The van der Waals surface area contributed by atoms with Crippen molar-refractivity contribution in [3.63, 3.8) is 0 Å². The van der Waals surface area contributed by atoms with Gasteiger partial charge in [-0.15, -0.1) is 0 Å². The van der Waals surface area contributed by atoms with Crippen molar-refractivity contribution in [2.45, 2.75) is 32.2 Å². The van der Waals surface area contributed by atoms with Crippen molar-refractivity contribution in [2.24, 2.45) is 0 Å². The van der Waals surface area contributed by atoms with Crippen molar-refractivity contribution in [1.82, 2.24) is 9.80 Å². The highest BCUT2D eigenvalue weighted by atomic mass is 19.1. The zero-order chi connectivity index (χ0) is 15.9. The third-order valence-electron chi connectivity index (χ3n) is 4.10. The molecule has 2 rings (SSSR count). The van der Waals surface area contributed by atoms with E-state index < -0.39 is 6.04 Å². The van der Waals surface area contributed by atoms with Gasteiger partial charge in [0.15, 0.2) is 0 Å². The van der Waals surface area contributed by atoms with Crippen LogP contribution in [0.5, 0.6) is 0 Å². The van der Waals surface area contributed by atoms with Crippen molar-refractivity contribution in [1.29, 1.82) is 5.26 Å². The van der Waals surface area contributed by atoms with E-state index >= 15 is 0 Å². The van der Waals surface area contributed by atoms with E-state index in [1.807, 2.05) is 9.80 Å². The van der Waals surface area contributed by atoms with E-state index in [9.17, 15) is 14.4 Å². The standard InChI is InChI=1S/C17H22FN3O/c1-2-3-8-17(22)21-11-9-20(10-12-21)16(13-19)14-6-4-5-7-15(14)18/h4-7,16H,2-3,8-12H2,1H3. The molecule has 0 N–H and O–H groups in total. The van der Waals surface area contributed by atoms with Crippen LogP contribution in [0.25, 0.3) is 0 Å². The Labute approximate surface area is 131 Å². The molecule has 1 fully saturated rings. The largest absolute Gasteiger partial charge is 0.340 e. The molecule has 1 unspecified atom stereocenters. The van der Waals surface area contributed by atoms with Gasteiger partial charge >= 0.3 is 0 Å². The maximum absolute atomic E-state index is 13.9. The minimum absolute atomic E-state index is 0.181. The Balaban J connectivity index is 1.97. The van der Waals surface area contributed by atoms with Gasteiger partial charge in [0, 0.05) is 38.2 Å². The fourth-order valence-corrected chi connectivity index (χ4v) is 2.76. The van der Waals surface area contributed by atoms with E-state index in [-0.39, 0.29) is 11.7 Å². The third kappa shape index (κ3) is 3.83. The van der Waals surface area contributed by atoms with Crippen LogP contribution in [0.15, 0.2) is 24.3 Å². The Morgan fingerprint density at radius 1 is 1.32 bits per heavy atom. The molecule has 1 heterocycles. The van der Waals surface area contributed by atoms with E-state index in [4.69, 9.17) is 0 Å². The van der Waals surface area contributed by atoms with Crippen LogP contribution in [-0.4, -0.2) is 41.9 Å². The Bertz CT molecular complexity index is 547. The maximum atomic E-state index is 13.9. The number of halogens is 1. The number of nitrogens with zero attached hydrogens (tertiary/aromatic N) is 3. The van der Waals surface area contributed by atoms with E-state index in [0.717, 1.165) is 12.8 Å². The topological polar surface area (TPSA) is 47.3 Å². The number of hydrogen-bond donors (Lipinski definition) is 0. The summed E-state index contributed by atoms with van der Waals surface area (Å²) in [5.74, 6) is -0.170. The lowest BCUT2D eigenvalue weighted by Gasteiger charge is -2.37. The predicted octanol–water partition coefficient (Wildman–Crippen LogP) is 2.72. The summed E-state index contributed by atoms with van der Waals surface area (Å²) in [6.07, 6.45) is 2.51. The van der Waals surface area contributed by atoms with E-state index in [0.29, 0.717) is 38.2 Å². The van der Waals surface area contributed by atoms with Crippen LogP contribution >= 0.6 is 0 Å². The first-order valence-corrected chi connectivity index (χ1v) is 7.83. The van der Waals surface area contributed by atoms with Gasteiger partial charge in [0.2, 0.25) is 5.91 Å². The quantitative estimate of drug-likeness (QED) is 0.840. The summed E-state index contributed by atoms with van der Waals surface area (Å²) < 4.78 is 13.9. The van der Waals surface area contributed by atoms with Crippen LogP contribution < -0.4 is 0 Å². The summed E-state index contributed by atoms with van der Waals surface area (Å²) >= 11 is 0. The van der Waals surface area contributed by atoms with Crippen LogP contribution in [0, 0.1) is 17.1 Å². The number of amides is 1. The molecule has 0 aromatic heterocycles. The molecule has 0 spiro atoms. The van der Waals surface area contributed by atoms with Gasteiger partial charge < -0.3 is 4.90 Å². The molecule has 1 aromatic carbocycles. The van der Waals surface area contributed by atoms with Crippen molar-refractivity contribution >= 4 is 5.91 Å². The van der Waals surface area contributed by atoms with Crippen molar-refractivity contribution < 1.29 is 9.18 Å². The van der Waals surface area contributed by atoms with E-state index in [1.165, 1.54) is 6.07 Å². The number of carbonyl (C=O) groups is 1. The van der Waals surface area contributed by atoms with Crippen LogP contribution in [-0.2, 0) is 4.79 Å². The Morgan fingerprint density at radius 2 is 2.00 bits per heavy atom. The second-order valence-corrected chi connectivity index (χ2v) is 5.57. The second-order valence-electron chi connectivity index (χ2n) is 5.57. The molecule has 1 atom stereocenters. The zero-order valence-electron chi connectivity index (χ0n) is 13.0. The molecule has 5 heteroatoms. The summed E-state index contributed by atoms with van der Waals surface area (Å²) in [6.45, 7) is 4.48. The normalized spacial score (nSPS) is 17.0. The molecule has 22 heavy (non-hydrogen) atoms. The number of unbranched alkanes of at least 4 members (excludes halogenated alkanes) is 1. The van der Waals surface area contributed by atoms with E-state index in [1.54, 1.807) is 18.2 Å². The first-order valence-electron chi connectivity index (χ1n) is 7.83. The molecule has 1 aliphatic heterocycles. The van der Waals surface area contributed by atoms with Crippen LogP contribution in [0.2, 0.25) is 0 Å². The highest BCUT2D eigenvalue weighted by Gasteiger charge is 2.28. The number of rotatable bonds is 5. The third-order valence-corrected chi connectivity index (χ3v) is 4.10. The minimum Gasteiger partial charge on any atom is -0.340 e. The zero-order valence-corrected chi connectivity index (χ0v) is 13.0. The highest BCUT2D eigenvalue weighted by Crippen LogP contribution is 2.24. The summed E-state index contributed by atoms with van der Waals surface area (Å²) in [7, 11) is 0.